The van der Waals surface area contributed by atoms with E-state index >= 15 is 0 Å². The van der Waals surface area contributed by atoms with E-state index in [9.17, 15) is 4.79 Å². The summed E-state index contributed by atoms with van der Waals surface area (Å²) in [5.74, 6) is 0.878. The number of carbonyl (C=O) groups is 1. The molecule has 4 rings (SSSR count). The van der Waals surface area contributed by atoms with Crippen LogP contribution in [0.15, 0.2) is 54.0 Å². The maximum atomic E-state index is 12.8. The Morgan fingerprint density at radius 1 is 1.19 bits per heavy atom. The fourth-order valence-corrected chi connectivity index (χ4v) is 4.12. The van der Waals surface area contributed by atoms with Crippen LogP contribution in [0.5, 0.6) is 0 Å². The topological polar surface area (TPSA) is 79.9 Å². The van der Waals surface area contributed by atoms with Gasteiger partial charge in [-0.3, -0.25) is 10.1 Å². The molecule has 2 heterocycles. The predicted molar refractivity (Wildman–Crippen MR) is 126 cm³/mol. The van der Waals surface area contributed by atoms with E-state index in [4.69, 9.17) is 9.72 Å². The van der Waals surface area contributed by atoms with Crippen LogP contribution < -0.4 is 5.32 Å². The van der Waals surface area contributed by atoms with E-state index in [2.05, 4.69) is 47.3 Å². The maximum Gasteiger partial charge on any atom is 0.259 e. The summed E-state index contributed by atoms with van der Waals surface area (Å²) >= 11 is 1.39. The van der Waals surface area contributed by atoms with Gasteiger partial charge in [0.1, 0.15) is 11.3 Å². The number of aromatic nitrogens is 3. The number of aromatic amines is 1. The van der Waals surface area contributed by atoms with Crippen LogP contribution in [0.2, 0.25) is 0 Å². The predicted octanol–water partition coefficient (Wildman–Crippen LogP) is 5.86. The van der Waals surface area contributed by atoms with Gasteiger partial charge in [0.15, 0.2) is 5.13 Å². The monoisotopic (exact) mass is 434 g/mol. The average molecular weight is 435 g/mol. The number of anilines is 1. The van der Waals surface area contributed by atoms with Crippen molar-refractivity contribution in [3.8, 4) is 11.4 Å². The Labute approximate surface area is 185 Å². The molecule has 2 aromatic heterocycles. The zero-order valence-corrected chi connectivity index (χ0v) is 18.5. The molecule has 1 amide bonds. The van der Waals surface area contributed by atoms with Crippen molar-refractivity contribution in [3.63, 3.8) is 0 Å². The number of hydrogen-bond acceptors (Lipinski definition) is 5. The molecule has 2 N–H and O–H groups in total. The maximum absolute atomic E-state index is 12.8. The van der Waals surface area contributed by atoms with Crippen molar-refractivity contribution in [1.29, 1.82) is 0 Å². The number of carbonyl (C=O) groups excluding carboxylic acids is 1. The molecule has 1 unspecified atom stereocenters. The molecule has 1 atom stereocenters. The van der Waals surface area contributed by atoms with Crippen molar-refractivity contribution in [1.82, 2.24) is 15.0 Å². The van der Waals surface area contributed by atoms with Gasteiger partial charge < -0.3 is 9.72 Å². The highest BCUT2D eigenvalue weighted by Crippen LogP contribution is 2.31. The number of nitrogens with one attached hydrogen (secondary N) is 2. The molecule has 4 aromatic rings. The van der Waals surface area contributed by atoms with Gasteiger partial charge in [0, 0.05) is 30.4 Å². The van der Waals surface area contributed by atoms with E-state index < -0.39 is 0 Å². The molecule has 0 spiro atoms. The Morgan fingerprint density at radius 2 is 2.06 bits per heavy atom. The normalized spacial score (nSPS) is 12.2. The number of benzene rings is 2. The summed E-state index contributed by atoms with van der Waals surface area (Å²) in [6.07, 6.45) is 3.64. The number of nitrogens with zero attached hydrogens (tertiary/aromatic N) is 2. The van der Waals surface area contributed by atoms with Gasteiger partial charge in [0.2, 0.25) is 0 Å². The molecule has 0 radical (unpaired) electrons. The van der Waals surface area contributed by atoms with Gasteiger partial charge in [0.05, 0.1) is 11.1 Å². The molecule has 0 bridgehead atoms. The van der Waals surface area contributed by atoms with Gasteiger partial charge in [0.25, 0.3) is 5.91 Å². The number of hydrogen-bond donors (Lipinski definition) is 2. The van der Waals surface area contributed by atoms with Gasteiger partial charge >= 0.3 is 0 Å². The highest BCUT2D eigenvalue weighted by Gasteiger charge is 2.18. The molecule has 0 saturated carbocycles. The molecule has 6 nitrogen and oxygen atoms in total. The minimum atomic E-state index is -0.215. The van der Waals surface area contributed by atoms with Crippen molar-refractivity contribution >= 4 is 33.4 Å². The summed E-state index contributed by atoms with van der Waals surface area (Å²) in [6, 6.07) is 13.9. The largest absolute Gasteiger partial charge is 0.381 e. The number of rotatable bonds is 9. The number of amides is 1. The molecule has 0 fully saturated rings. The first kappa shape index (κ1) is 21.2. The number of fused-ring (bicyclic) bond motifs is 1. The molecule has 0 aliphatic rings. The summed E-state index contributed by atoms with van der Waals surface area (Å²) in [6.45, 7) is 5.86. The molecular formula is C24H26N4O2S. The zero-order valence-electron chi connectivity index (χ0n) is 17.7. The first-order valence-corrected chi connectivity index (χ1v) is 11.4. The minimum Gasteiger partial charge on any atom is -0.381 e. The van der Waals surface area contributed by atoms with Crippen LogP contribution in [0.1, 0.15) is 48.5 Å². The smallest absolute Gasteiger partial charge is 0.259 e. The van der Waals surface area contributed by atoms with E-state index in [1.165, 1.54) is 16.9 Å². The first-order valence-electron chi connectivity index (χ1n) is 10.5. The Kier molecular flexibility index (Phi) is 6.74. The van der Waals surface area contributed by atoms with Gasteiger partial charge in [-0.15, -0.1) is 11.3 Å². The lowest BCUT2D eigenvalue weighted by Crippen LogP contribution is -2.12. The van der Waals surface area contributed by atoms with E-state index in [0.29, 0.717) is 22.1 Å². The molecule has 2 aromatic carbocycles. The number of thiazole rings is 1. The second-order valence-electron chi connectivity index (χ2n) is 7.47. The van der Waals surface area contributed by atoms with Crippen molar-refractivity contribution in [2.75, 3.05) is 18.5 Å². The summed E-state index contributed by atoms with van der Waals surface area (Å²) < 4.78 is 5.68. The van der Waals surface area contributed by atoms with Gasteiger partial charge in [-0.1, -0.05) is 44.2 Å². The van der Waals surface area contributed by atoms with Crippen molar-refractivity contribution in [3.05, 3.63) is 65.2 Å². The SMILES string of the molecule is CCCOCCC(C)c1ccccc1-c1nc2c(C(=O)Nc3nccs3)cccc2[nH]1. The third-order valence-electron chi connectivity index (χ3n) is 5.20. The molecule has 0 aliphatic heterocycles. The molecule has 0 aliphatic carbocycles. The van der Waals surface area contributed by atoms with E-state index in [0.717, 1.165) is 43.0 Å². The van der Waals surface area contributed by atoms with E-state index in [1.54, 1.807) is 12.3 Å². The highest BCUT2D eigenvalue weighted by atomic mass is 32.1. The Hall–Kier alpha value is -3.03. The molecule has 7 heteroatoms. The Morgan fingerprint density at radius 3 is 2.87 bits per heavy atom. The van der Waals surface area contributed by atoms with E-state index in [-0.39, 0.29) is 5.91 Å². The third-order valence-corrected chi connectivity index (χ3v) is 5.89. The molecule has 160 valence electrons. The molecular weight excluding hydrogens is 408 g/mol. The van der Waals surface area contributed by atoms with Crippen LogP contribution in [0.25, 0.3) is 22.4 Å². The van der Waals surface area contributed by atoms with Gasteiger partial charge in [-0.05, 0) is 36.5 Å². The fraction of sp³-hybridized carbons (Fsp3) is 0.292. The first-order chi connectivity index (χ1) is 15.2. The summed E-state index contributed by atoms with van der Waals surface area (Å²) in [4.78, 5) is 25.2. The minimum absolute atomic E-state index is 0.215. The number of H-pyrrole nitrogens is 1. The Bertz CT molecular complexity index is 1150. The highest BCUT2D eigenvalue weighted by molar-refractivity contribution is 7.13. The van der Waals surface area contributed by atoms with Crippen LogP contribution in [0.4, 0.5) is 5.13 Å². The van der Waals surface area contributed by atoms with Crippen molar-refractivity contribution < 1.29 is 9.53 Å². The lowest BCUT2D eigenvalue weighted by molar-refractivity contribution is 0.102. The summed E-state index contributed by atoms with van der Waals surface area (Å²) in [5.41, 5.74) is 4.27. The molecule has 0 saturated heterocycles. The number of para-hydroxylation sites is 1. The van der Waals surface area contributed by atoms with Gasteiger partial charge in [-0.2, -0.15) is 0 Å². The number of ether oxygens (including phenoxy) is 1. The second kappa shape index (κ2) is 9.85. The third kappa shape index (κ3) is 4.84. The quantitative estimate of drug-likeness (QED) is 0.323. The summed E-state index contributed by atoms with van der Waals surface area (Å²) in [7, 11) is 0. The zero-order chi connectivity index (χ0) is 21.6. The van der Waals surface area contributed by atoms with Gasteiger partial charge in [-0.25, -0.2) is 9.97 Å². The average Bonchev–Trinajstić information content (AvgIpc) is 3.46. The van der Waals surface area contributed by atoms with Crippen LogP contribution in [0.3, 0.4) is 0 Å². The van der Waals surface area contributed by atoms with Crippen molar-refractivity contribution in [2.24, 2.45) is 0 Å². The second-order valence-corrected chi connectivity index (χ2v) is 8.36. The van der Waals surface area contributed by atoms with Crippen molar-refractivity contribution in [2.45, 2.75) is 32.6 Å². The van der Waals surface area contributed by atoms with Crippen LogP contribution >= 0.6 is 11.3 Å². The van der Waals surface area contributed by atoms with Crippen LogP contribution in [-0.2, 0) is 4.74 Å². The van der Waals surface area contributed by atoms with E-state index in [1.807, 2.05) is 23.6 Å². The lowest BCUT2D eigenvalue weighted by atomic mass is 9.93. The molecule has 31 heavy (non-hydrogen) atoms. The Balaban J connectivity index is 1.63. The van der Waals surface area contributed by atoms with Crippen LogP contribution in [-0.4, -0.2) is 34.1 Å². The standard InChI is InChI=1S/C24H26N4O2S/c1-3-13-30-14-11-16(2)17-7-4-5-8-18(17)22-26-20-10-6-9-19(21(20)27-22)23(29)28-24-25-12-15-31-24/h4-10,12,15-16H,3,11,13-14H2,1-2H3,(H,26,27)(H,25,28,29). The lowest BCUT2D eigenvalue weighted by Gasteiger charge is -2.15. The fourth-order valence-electron chi connectivity index (χ4n) is 3.60. The number of imidazole rings is 1. The summed E-state index contributed by atoms with van der Waals surface area (Å²) in [5, 5.41) is 5.24. The van der Waals surface area contributed by atoms with Crippen LogP contribution in [0, 0.1) is 0 Å².